The molecule has 0 radical (unpaired) electrons. The lowest BCUT2D eigenvalue weighted by molar-refractivity contribution is -0.142. The van der Waals surface area contributed by atoms with E-state index in [1.54, 1.807) is 36.9 Å². The zero-order chi connectivity index (χ0) is 27.8. The Morgan fingerprint density at radius 3 is 2.34 bits per heavy atom. The number of benzene rings is 2. The molecule has 0 aliphatic carbocycles. The number of fused-ring (bicyclic) bond motifs is 1. The molecule has 2 heterocycles. The molecule has 6 nitrogen and oxygen atoms in total. The molecule has 0 bridgehead atoms. The number of hydrogen-bond acceptors (Lipinski definition) is 4. The zero-order valence-electron chi connectivity index (χ0n) is 20.4. The van der Waals surface area contributed by atoms with E-state index in [0.717, 1.165) is 12.1 Å². The van der Waals surface area contributed by atoms with Crippen LogP contribution in [0.3, 0.4) is 0 Å². The third kappa shape index (κ3) is 5.61. The lowest BCUT2D eigenvalue weighted by Gasteiger charge is -2.21. The molecule has 0 saturated heterocycles. The molecule has 3 aromatic rings. The normalized spacial score (nSPS) is 14.2. The third-order valence-electron chi connectivity index (χ3n) is 6.41. The summed E-state index contributed by atoms with van der Waals surface area (Å²) in [5.74, 6) is -0.531. The number of nitrogens with zero attached hydrogens (tertiary/aromatic N) is 4. The molecule has 0 unspecified atom stereocenters. The highest BCUT2D eigenvalue weighted by molar-refractivity contribution is 5.81. The SMILES string of the molecule is Cc1cc([C@H](C)NC(=O)Cc2c(C(F)(F)F)nn3c2N(Cc2ccc(C(F)(F)F)cc2)CC3)ccc1C#N. The molecule has 38 heavy (non-hydrogen) atoms. The number of halogens is 6. The second-order valence-corrected chi connectivity index (χ2v) is 9.14. The molecule has 0 saturated carbocycles. The van der Waals surface area contributed by atoms with Crippen LogP contribution < -0.4 is 10.2 Å². The molecular formula is C26H23F6N5O. The lowest BCUT2D eigenvalue weighted by atomic mass is 10.0. The number of anilines is 1. The quantitative estimate of drug-likeness (QED) is 0.421. The second-order valence-electron chi connectivity index (χ2n) is 9.14. The number of carbonyl (C=O) groups excluding carboxylic acids is 1. The Bertz CT molecular complexity index is 1390. The second kappa shape index (κ2) is 10.0. The maximum atomic E-state index is 13.8. The Hall–Kier alpha value is -4.01. The van der Waals surface area contributed by atoms with Crippen LogP contribution in [0.2, 0.25) is 0 Å². The van der Waals surface area contributed by atoms with E-state index in [2.05, 4.69) is 10.4 Å². The van der Waals surface area contributed by atoms with Crippen LogP contribution >= 0.6 is 0 Å². The summed E-state index contributed by atoms with van der Waals surface area (Å²) in [6, 6.07) is 10.9. The van der Waals surface area contributed by atoms with Crippen molar-refractivity contribution in [3.05, 3.63) is 81.5 Å². The van der Waals surface area contributed by atoms with Crippen molar-refractivity contribution in [2.24, 2.45) is 0 Å². The number of aryl methyl sites for hydroxylation is 1. The van der Waals surface area contributed by atoms with Crippen molar-refractivity contribution in [3.8, 4) is 6.07 Å². The highest BCUT2D eigenvalue weighted by atomic mass is 19.4. The first-order chi connectivity index (χ1) is 17.8. The summed E-state index contributed by atoms with van der Waals surface area (Å²) >= 11 is 0. The summed E-state index contributed by atoms with van der Waals surface area (Å²) in [7, 11) is 0. The van der Waals surface area contributed by atoms with E-state index in [9.17, 15) is 31.1 Å². The van der Waals surface area contributed by atoms with Crippen LogP contribution in [-0.2, 0) is 36.7 Å². The van der Waals surface area contributed by atoms with Crippen molar-refractivity contribution in [3.63, 3.8) is 0 Å². The number of hydrogen-bond donors (Lipinski definition) is 1. The topological polar surface area (TPSA) is 74.0 Å². The molecule has 1 aliphatic heterocycles. The van der Waals surface area contributed by atoms with Crippen LogP contribution in [0.1, 0.15) is 52.0 Å². The minimum atomic E-state index is -4.80. The number of amides is 1. The zero-order valence-corrected chi connectivity index (χ0v) is 20.4. The fourth-order valence-corrected chi connectivity index (χ4v) is 4.50. The van der Waals surface area contributed by atoms with Gasteiger partial charge in [0.15, 0.2) is 5.69 Å². The van der Waals surface area contributed by atoms with Gasteiger partial charge in [0, 0.05) is 18.7 Å². The molecule has 1 atom stereocenters. The van der Waals surface area contributed by atoms with Crippen LogP contribution in [-0.4, -0.2) is 22.2 Å². The van der Waals surface area contributed by atoms with Gasteiger partial charge in [-0.3, -0.25) is 4.79 Å². The van der Waals surface area contributed by atoms with E-state index in [0.29, 0.717) is 22.3 Å². The minimum Gasteiger partial charge on any atom is -0.350 e. The first-order valence-electron chi connectivity index (χ1n) is 11.7. The van der Waals surface area contributed by atoms with Gasteiger partial charge in [-0.15, -0.1) is 0 Å². The molecule has 1 amide bonds. The lowest BCUT2D eigenvalue weighted by Crippen LogP contribution is -2.30. The Labute approximate surface area is 214 Å². The first kappa shape index (κ1) is 27.0. The summed E-state index contributed by atoms with van der Waals surface area (Å²) in [4.78, 5) is 14.5. The highest BCUT2D eigenvalue weighted by Gasteiger charge is 2.42. The van der Waals surface area contributed by atoms with Gasteiger partial charge in [-0.2, -0.15) is 36.7 Å². The molecule has 1 N–H and O–H groups in total. The molecule has 1 aromatic heterocycles. The minimum absolute atomic E-state index is 0.0522. The van der Waals surface area contributed by atoms with Crippen molar-refractivity contribution < 1.29 is 31.1 Å². The smallest absolute Gasteiger partial charge is 0.350 e. The molecule has 2 aromatic carbocycles. The fraction of sp³-hybridized carbons (Fsp3) is 0.346. The molecule has 12 heteroatoms. The predicted molar refractivity (Wildman–Crippen MR) is 126 cm³/mol. The predicted octanol–water partition coefficient (Wildman–Crippen LogP) is 5.54. The van der Waals surface area contributed by atoms with Crippen LogP contribution in [0.25, 0.3) is 0 Å². The highest BCUT2D eigenvalue weighted by Crippen LogP contribution is 2.39. The summed E-state index contributed by atoms with van der Waals surface area (Å²) in [5, 5.41) is 15.5. The Kier molecular flexibility index (Phi) is 7.14. The average molecular weight is 535 g/mol. The van der Waals surface area contributed by atoms with Crippen LogP contribution in [0.15, 0.2) is 42.5 Å². The maximum Gasteiger partial charge on any atom is 0.435 e. The summed E-state index contributed by atoms with van der Waals surface area (Å²) < 4.78 is 81.4. The number of carbonyl (C=O) groups is 1. The number of rotatable bonds is 6. The Balaban J connectivity index is 1.57. The number of nitrogens with one attached hydrogen (secondary N) is 1. The van der Waals surface area contributed by atoms with Gasteiger partial charge in [-0.1, -0.05) is 24.3 Å². The average Bonchev–Trinajstić information content (AvgIpc) is 3.39. The number of alkyl halides is 6. The van der Waals surface area contributed by atoms with Gasteiger partial charge >= 0.3 is 12.4 Å². The van der Waals surface area contributed by atoms with Gasteiger partial charge in [0.1, 0.15) is 5.82 Å². The molecule has 200 valence electrons. The largest absolute Gasteiger partial charge is 0.435 e. The fourth-order valence-electron chi connectivity index (χ4n) is 4.50. The van der Waals surface area contributed by atoms with Crippen molar-refractivity contribution >= 4 is 11.7 Å². The van der Waals surface area contributed by atoms with Crippen LogP contribution in [0.4, 0.5) is 32.2 Å². The van der Waals surface area contributed by atoms with E-state index in [4.69, 9.17) is 5.26 Å². The Morgan fingerprint density at radius 2 is 1.76 bits per heavy atom. The van der Waals surface area contributed by atoms with E-state index in [1.165, 1.54) is 16.8 Å². The molecule has 0 fully saturated rings. The Morgan fingerprint density at radius 1 is 1.08 bits per heavy atom. The van der Waals surface area contributed by atoms with Gasteiger partial charge < -0.3 is 10.2 Å². The van der Waals surface area contributed by atoms with Gasteiger partial charge in [0.05, 0.1) is 36.2 Å². The van der Waals surface area contributed by atoms with Crippen LogP contribution in [0, 0.1) is 18.3 Å². The van der Waals surface area contributed by atoms with E-state index >= 15 is 0 Å². The third-order valence-corrected chi connectivity index (χ3v) is 6.41. The maximum absolute atomic E-state index is 13.8. The van der Waals surface area contributed by atoms with E-state index in [-0.39, 0.29) is 31.0 Å². The summed E-state index contributed by atoms with van der Waals surface area (Å²) in [6.07, 6.45) is -9.89. The summed E-state index contributed by atoms with van der Waals surface area (Å²) in [5.41, 5.74) is 0.0706. The van der Waals surface area contributed by atoms with Crippen molar-refractivity contribution in [1.82, 2.24) is 15.1 Å². The van der Waals surface area contributed by atoms with Gasteiger partial charge in [-0.05, 0) is 48.7 Å². The van der Waals surface area contributed by atoms with E-state index in [1.807, 2.05) is 6.07 Å². The molecule has 0 spiro atoms. The van der Waals surface area contributed by atoms with Gasteiger partial charge in [0.2, 0.25) is 5.91 Å². The molecule has 4 rings (SSSR count). The van der Waals surface area contributed by atoms with Crippen molar-refractivity contribution in [2.75, 3.05) is 11.4 Å². The van der Waals surface area contributed by atoms with Gasteiger partial charge in [0.25, 0.3) is 0 Å². The molecule has 1 aliphatic rings. The molecular weight excluding hydrogens is 512 g/mol. The summed E-state index contributed by atoms with van der Waals surface area (Å²) in [6.45, 7) is 3.91. The number of nitriles is 1. The van der Waals surface area contributed by atoms with Crippen molar-refractivity contribution in [1.29, 1.82) is 5.26 Å². The van der Waals surface area contributed by atoms with Gasteiger partial charge in [-0.25, -0.2) is 4.68 Å². The number of aromatic nitrogens is 2. The monoisotopic (exact) mass is 535 g/mol. The standard InChI is InChI=1S/C26H23F6N5O/c1-15-11-18(5-6-19(15)13-33)16(2)34-22(38)12-21-23(26(30,31)32)35-37-10-9-36(24(21)37)14-17-3-7-20(8-4-17)25(27,28)29/h3-8,11,16H,9-10,12,14H2,1-2H3,(H,34,38)/t16-/m0/s1. The van der Waals surface area contributed by atoms with Crippen LogP contribution in [0.5, 0.6) is 0 Å². The first-order valence-corrected chi connectivity index (χ1v) is 11.7. The van der Waals surface area contributed by atoms with E-state index < -0.39 is 42.0 Å². The van der Waals surface area contributed by atoms with Crippen molar-refractivity contribution in [2.45, 2.75) is 51.8 Å².